The van der Waals surface area contributed by atoms with Crippen molar-refractivity contribution in [2.45, 2.75) is 155 Å². The average molecular weight is 802 g/mol. The molecule has 1 aromatic rings. The van der Waals surface area contributed by atoms with Gasteiger partial charge in [-0.2, -0.15) is 0 Å². The van der Waals surface area contributed by atoms with Crippen molar-refractivity contribution in [1.82, 2.24) is 5.32 Å². The fourth-order valence-corrected chi connectivity index (χ4v) is 9.51. The molecule has 2 bridgehead atoms. The number of benzene rings is 1. The molecule has 11 atom stereocenters. The van der Waals surface area contributed by atoms with Crippen LogP contribution in [0.5, 0.6) is 0 Å². The van der Waals surface area contributed by atoms with E-state index >= 15 is 0 Å². The van der Waals surface area contributed by atoms with Crippen molar-refractivity contribution in [3.8, 4) is 0 Å². The maximum atomic E-state index is 14.9. The van der Waals surface area contributed by atoms with Gasteiger partial charge in [0.2, 0.25) is 0 Å². The first-order chi connectivity index (χ1) is 26.1. The van der Waals surface area contributed by atoms with Gasteiger partial charge in [0.15, 0.2) is 17.5 Å². The molecule has 2 saturated carbocycles. The summed E-state index contributed by atoms with van der Waals surface area (Å²) >= 11 is 0. The van der Waals surface area contributed by atoms with E-state index in [-0.39, 0.29) is 36.2 Å². The Bertz CT molecular complexity index is 1790. The van der Waals surface area contributed by atoms with Crippen molar-refractivity contribution in [2.75, 3.05) is 6.61 Å². The van der Waals surface area contributed by atoms with Gasteiger partial charge in [0.05, 0.1) is 35.6 Å². The van der Waals surface area contributed by atoms with Crippen LogP contribution >= 0.6 is 0 Å². The van der Waals surface area contributed by atoms with Crippen molar-refractivity contribution in [3.63, 3.8) is 0 Å². The third-order valence-electron chi connectivity index (χ3n) is 12.3. The van der Waals surface area contributed by atoms with Crippen LogP contribution in [-0.2, 0) is 38.1 Å². The van der Waals surface area contributed by atoms with E-state index in [4.69, 9.17) is 23.7 Å². The SMILES string of the molecule is CC(=O)O[C@@]12CO[C@@H]1C[C@H](O)[C@@]1(C)C(=O)[C@H](O)C3=C(C)[C@@H](OC(=O)[C@H](O)[C@H](CC(C)(C)C)NC(=O)OC(C)(C)C)C[C@@](O)([C@@H](OC(=O)c4ccccc4)[C@H]21)C3(C)C. The molecule has 0 unspecified atom stereocenters. The topological polar surface area (TPSA) is 224 Å². The van der Waals surface area contributed by atoms with E-state index in [1.54, 1.807) is 52.8 Å². The number of rotatable bonds is 8. The highest BCUT2D eigenvalue weighted by molar-refractivity contribution is 5.94. The number of aliphatic hydroxyl groups is 4. The lowest BCUT2D eigenvalue weighted by atomic mass is 9.44. The second-order valence-electron chi connectivity index (χ2n) is 19.1. The largest absolute Gasteiger partial charge is 0.456 e. The van der Waals surface area contributed by atoms with E-state index < -0.39 is 118 Å². The van der Waals surface area contributed by atoms with E-state index in [0.717, 1.165) is 6.92 Å². The average Bonchev–Trinajstić information content (AvgIpc) is 3.08. The van der Waals surface area contributed by atoms with E-state index in [0.29, 0.717) is 0 Å². The monoisotopic (exact) mass is 801 g/mol. The van der Waals surface area contributed by atoms with E-state index in [9.17, 15) is 44.4 Å². The summed E-state index contributed by atoms with van der Waals surface area (Å²) < 4.78 is 29.5. The van der Waals surface area contributed by atoms with Gasteiger partial charge in [-0.25, -0.2) is 14.4 Å². The van der Waals surface area contributed by atoms with Crippen LogP contribution in [0, 0.1) is 22.2 Å². The Morgan fingerprint density at radius 2 is 1.61 bits per heavy atom. The molecule has 1 saturated heterocycles. The van der Waals surface area contributed by atoms with Gasteiger partial charge in [-0.1, -0.05) is 52.8 Å². The number of carbonyl (C=O) groups is 5. The highest BCUT2D eigenvalue weighted by Crippen LogP contribution is 2.64. The van der Waals surface area contributed by atoms with Crippen LogP contribution in [-0.4, -0.2) is 116 Å². The molecule has 1 aromatic carbocycles. The Morgan fingerprint density at radius 1 is 1.00 bits per heavy atom. The molecule has 1 amide bonds. The first-order valence-corrected chi connectivity index (χ1v) is 19.4. The predicted molar refractivity (Wildman–Crippen MR) is 202 cm³/mol. The summed E-state index contributed by atoms with van der Waals surface area (Å²) in [5, 5.41) is 51.5. The van der Waals surface area contributed by atoms with Gasteiger partial charge in [-0.05, 0) is 69.7 Å². The molecule has 5 rings (SSSR count). The zero-order valence-electron chi connectivity index (χ0n) is 34.7. The number of carbonyl (C=O) groups excluding carboxylic acids is 5. The molecule has 1 heterocycles. The van der Waals surface area contributed by atoms with Crippen LogP contribution in [0.2, 0.25) is 0 Å². The molecule has 57 heavy (non-hydrogen) atoms. The van der Waals surface area contributed by atoms with Crippen LogP contribution in [0.3, 0.4) is 0 Å². The number of alkyl carbamates (subject to hydrolysis) is 1. The number of amides is 1. The number of nitrogens with one attached hydrogen (secondary N) is 1. The lowest BCUT2D eigenvalue weighted by Crippen LogP contribution is -2.81. The summed E-state index contributed by atoms with van der Waals surface area (Å²) in [7, 11) is 0. The molecular formula is C42H59NO14. The minimum absolute atomic E-state index is 0.0483. The van der Waals surface area contributed by atoms with E-state index in [1.165, 1.54) is 26.0 Å². The van der Waals surface area contributed by atoms with Gasteiger partial charge in [0.1, 0.15) is 35.6 Å². The van der Waals surface area contributed by atoms with Gasteiger partial charge in [-0.15, -0.1) is 0 Å². The van der Waals surface area contributed by atoms with Crippen LogP contribution in [0.15, 0.2) is 41.5 Å². The minimum Gasteiger partial charge on any atom is -0.456 e. The molecule has 3 fully saturated rings. The fraction of sp³-hybridized carbons (Fsp3) is 0.690. The molecule has 3 aliphatic carbocycles. The number of hydrogen-bond donors (Lipinski definition) is 5. The molecule has 0 spiro atoms. The maximum absolute atomic E-state index is 14.9. The van der Waals surface area contributed by atoms with Gasteiger partial charge >= 0.3 is 24.0 Å². The summed E-state index contributed by atoms with van der Waals surface area (Å²) in [6.45, 7) is 17.4. The predicted octanol–water partition coefficient (Wildman–Crippen LogP) is 3.32. The van der Waals surface area contributed by atoms with Gasteiger partial charge < -0.3 is 49.4 Å². The molecule has 15 heteroatoms. The highest BCUT2D eigenvalue weighted by Gasteiger charge is 2.78. The minimum atomic E-state index is -2.33. The molecule has 316 valence electrons. The van der Waals surface area contributed by atoms with E-state index in [2.05, 4.69) is 5.32 Å². The summed E-state index contributed by atoms with van der Waals surface area (Å²) in [6, 6.07) is 6.69. The summed E-state index contributed by atoms with van der Waals surface area (Å²) in [5.74, 6) is -5.27. The molecule has 0 aromatic heterocycles. The molecular weight excluding hydrogens is 742 g/mol. The van der Waals surface area contributed by atoms with Crippen LogP contribution < -0.4 is 5.32 Å². The summed E-state index contributed by atoms with van der Waals surface area (Å²) in [4.78, 5) is 68.7. The Kier molecular flexibility index (Phi) is 11.7. The van der Waals surface area contributed by atoms with Crippen molar-refractivity contribution in [1.29, 1.82) is 0 Å². The summed E-state index contributed by atoms with van der Waals surface area (Å²) in [6.07, 6.45) is -11.1. The van der Waals surface area contributed by atoms with Crippen LogP contribution in [0.25, 0.3) is 0 Å². The number of ether oxygens (including phenoxy) is 5. The molecule has 1 aliphatic heterocycles. The number of esters is 3. The van der Waals surface area contributed by atoms with Gasteiger partial charge in [0, 0.05) is 25.2 Å². The number of fused-ring (bicyclic) bond motifs is 5. The second kappa shape index (κ2) is 15.0. The van der Waals surface area contributed by atoms with Crippen LogP contribution in [0.1, 0.15) is 106 Å². The van der Waals surface area contributed by atoms with Crippen LogP contribution in [0.4, 0.5) is 4.79 Å². The summed E-state index contributed by atoms with van der Waals surface area (Å²) in [5.41, 5.74) is -8.84. The van der Waals surface area contributed by atoms with Crippen molar-refractivity contribution < 1.29 is 68.1 Å². The Morgan fingerprint density at radius 3 is 2.14 bits per heavy atom. The first-order valence-electron chi connectivity index (χ1n) is 19.4. The lowest BCUT2D eigenvalue weighted by Gasteiger charge is -2.67. The van der Waals surface area contributed by atoms with Gasteiger partial charge in [0.25, 0.3) is 0 Å². The van der Waals surface area contributed by atoms with Gasteiger partial charge in [-0.3, -0.25) is 9.59 Å². The molecule has 15 nitrogen and oxygen atoms in total. The normalized spacial score (nSPS) is 34.5. The number of Topliss-reactive ketones (excluding diaryl/α,β-unsaturated/α-hetero) is 1. The number of aliphatic hydroxyl groups excluding tert-OH is 3. The maximum Gasteiger partial charge on any atom is 0.407 e. The molecule has 0 radical (unpaired) electrons. The standard InChI is InChI=1S/C42H59NO14/c1-21-25(54-35(50)29(46)24(18-37(3,4)5)43-36(51)57-38(6,7)8)19-42(52)33(55-34(49)23-15-13-12-14-16-23)31-40(11,32(48)30(47)28(21)39(42,9)10)26(45)17-27-41(31,20-53-27)56-22(2)44/h12-16,24-27,29-31,33,45-47,52H,17-20H2,1-11H3,(H,43,51)/t24-,25-,26-,27+,29+,30+,31-,33-,40+,41-,42+/m0/s1. The zero-order valence-corrected chi connectivity index (χ0v) is 34.7. The van der Waals surface area contributed by atoms with Crippen molar-refractivity contribution in [2.24, 2.45) is 22.2 Å². The Hall–Kier alpha value is -3.89. The number of ketones is 1. The van der Waals surface area contributed by atoms with Crippen molar-refractivity contribution >= 4 is 29.8 Å². The van der Waals surface area contributed by atoms with E-state index in [1.807, 2.05) is 20.8 Å². The number of hydrogen-bond acceptors (Lipinski definition) is 14. The molecule has 5 N–H and O–H groups in total. The zero-order chi connectivity index (χ0) is 42.8. The first kappa shape index (κ1) is 44.2. The highest BCUT2D eigenvalue weighted by atomic mass is 16.6. The Labute approximate surface area is 333 Å². The smallest absolute Gasteiger partial charge is 0.407 e. The third kappa shape index (κ3) is 7.85. The second-order valence-corrected chi connectivity index (χ2v) is 19.1. The fourth-order valence-electron chi connectivity index (χ4n) is 9.51. The quantitative estimate of drug-likeness (QED) is 0.145. The third-order valence-corrected chi connectivity index (χ3v) is 12.3. The Balaban J connectivity index is 1.66. The molecule has 4 aliphatic rings. The lowest BCUT2D eigenvalue weighted by molar-refractivity contribution is -0.346. The van der Waals surface area contributed by atoms with Crippen molar-refractivity contribution in [3.05, 3.63) is 47.0 Å².